The Morgan fingerprint density at radius 1 is 0.250 bits per heavy atom. The lowest BCUT2D eigenvalue weighted by atomic mass is 9.85. The highest BCUT2D eigenvalue weighted by molar-refractivity contribution is 8.00. The molecule has 282 valence electrons. The number of para-hydroxylation sites is 4. The maximum absolute atomic E-state index is 2.45. The molecule has 0 amide bonds. The molecule has 10 aromatic carbocycles. The summed E-state index contributed by atoms with van der Waals surface area (Å²) in [6.07, 6.45) is 0. The highest BCUT2D eigenvalue weighted by atomic mass is 32.2. The molecule has 0 saturated carbocycles. The van der Waals surface area contributed by atoms with Crippen molar-refractivity contribution in [3.63, 3.8) is 0 Å². The Balaban J connectivity index is 1.16. The van der Waals surface area contributed by atoms with Crippen LogP contribution in [0.25, 0.3) is 54.9 Å². The maximum atomic E-state index is 2.45. The number of fused-ring (bicyclic) bond motifs is 6. The smallest absolute Gasteiger partial charge is 0.0601 e. The molecule has 0 N–H and O–H groups in total. The standard InChI is InChI=1S/C56H36N2S2/c1-3-15-37(16-4-1)38-27-29-40(30-28-38)56-44-34-32-41(57-47-19-7-11-23-51(47)59-52-24-12-8-20-48(52)57)35-45(44)55(39-17-5-2-6-18-39)43-33-31-42(36-46(43)56)58-49-21-9-13-25-53(49)60-54-26-14-10-22-50(54)58/h1-36H. The monoisotopic (exact) mass is 800 g/mol. The van der Waals surface area contributed by atoms with Gasteiger partial charge in [0.15, 0.2) is 0 Å². The van der Waals surface area contributed by atoms with Crippen molar-refractivity contribution in [1.82, 2.24) is 0 Å². The molecule has 4 heteroatoms. The molecule has 10 aromatic rings. The number of hydrogen-bond donors (Lipinski definition) is 0. The van der Waals surface area contributed by atoms with E-state index in [-0.39, 0.29) is 0 Å². The van der Waals surface area contributed by atoms with E-state index in [1.165, 1.54) is 97.3 Å². The normalized spacial score (nSPS) is 12.8. The van der Waals surface area contributed by atoms with Gasteiger partial charge in [0.2, 0.25) is 0 Å². The summed E-state index contributed by atoms with van der Waals surface area (Å²) >= 11 is 3.69. The van der Waals surface area contributed by atoms with Crippen molar-refractivity contribution in [2.45, 2.75) is 19.6 Å². The summed E-state index contributed by atoms with van der Waals surface area (Å²) in [7, 11) is 0. The predicted octanol–water partition coefficient (Wildman–Crippen LogP) is 16.9. The van der Waals surface area contributed by atoms with Crippen LogP contribution in [-0.4, -0.2) is 0 Å². The van der Waals surface area contributed by atoms with Crippen molar-refractivity contribution < 1.29 is 0 Å². The zero-order chi connectivity index (χ0) is 39.6. The number of hydrogen-bond acceptors (Lipinski definition) is 4. The average Bonchev–Trinajstić information content (AvgIpc) is 3.32. The van der Waals surface area contributed by atoms with Crippen LogP contribution in [-0.2, 0) is 0 Å². The van der Waals surface area contributed by atoms with Gasteiger partial charge in [0.1, 0.15) is 0 Å². The van der Waals surface area contributed by atoms with Crippen molar-refractivity contribution in [1.29, 1.82) is 0 Å². The number of nitrogens with zero attached hydrogens (tertiary/aromatic N) is 2. The first-order chi connectivity index (χ1) is 29.8. The molecule has 2 heterocycles. The molecule has 0 aliphatic carbocycles. The second-order valence-electron chi connectivity index (χ2n) is 15.3. The van der Waals surface area contributed by atoms with Crippen LogP contribution in [0.5, 0.6) is 0 Å². The van der Waals surface area contributed by atoms with E-state index < -0.39 is 0 Å². The summed E-state index contributed by atoms with van der Waals surface area (Å²) in [6, 6.07) is 80.2. The second-order valence-corrected chi connectivity index (χ2v) is 17.4. The highest BCUT2D eigenvalue weighted by Gasteiger charge is 2.28. The Labute approximate surface area is 358 Å². The fraction of sp³-hybridized carbons (Fsp3) is 0. The van der Waals surface area contributed by atoms with E-state index in [0.29, 0.717) is 0 Å². The summed E-state index contributed by atoms with van der Waals surface area (Å²) < 4.78 is 0. The Morgan fingerprint density at radius 2 is 0.567 bits per heavy atom. The van der Waals surface area contributed by atoms with Gasteiger partial charge in [0.05, 0.1) is 22.7 Å². The van der Waals surface area contributed by atoms with Crippen LogP contribution in [0.4, 0.5) is 34.1 Å². The van der Waals surface area contributed by atoms with Gasteiger partial charge in [-0.05, 0) is 128 Å². The van der Waals surface area contributed by atoms with Crippen molar-refractivity contribution in [2.24, 2.45) is 0 Å². The summed E-state index contributed by atoms with van der Waals surface area (Å²) in [4.78, 5) is 9.90. The minimum absolute atomic E-state index is 1.14. The van der Waals surface area contributed by atoms with E-state index in [0.717, 1.165) is 11.4 Å². The molecule has 0 atom stereocenters. The fourth-order valence-corrected chi connectivity index (χ4v) is 11.3. The lowest BCUT2D eigenvalue weighted by Gasteiger charge is -2.33. The van der Waals surface area contributed by atoms with Gasteiger partial charge in [-0.3, -0.25) is 0 Å². The molecule has 0 saturated heterocycles. The van der Waals surface area contributed by atoms with Crippen molar-refractivity contribution in [3.05, 3.63) is 218 Å². The van der Waals surface area contributed by atoms with Crippen molar-refractivity contribution in [2.75, 3.05) is 9.80 Å². The van der Waals surface area contributed by atoms with E-state index in [9.17, 15) is 0 Å². The van der Waals surface area contributed by atoms with Gasteiger partial charge in [0.25, 0.3) is 0 Å². The topological polar surface area (TPSA) is 6.48 Å². The van der Waals surface area contributed by atoms with Crippen LogP contribution in [0, 0.1) is 0 Å². The number of rotatable bonds is 5. The lowest BCUT2D eigenvalue weighted by molar-refractivity contribution is 1.17. The summed E-state index contributed by atoms with van der Waals surface area (Å²) in [5.41, 5.74) is 14.3. The first kappa shape index (κ1) is 35.0. The summed E-state index contributed by atoms with van der Waals surface area (Å²) in [5, 5.41) is 4.88. The molecule has 0 spiro atoms. The molecule has 0 unspecified atom stereocenters. The fourth-order valence-electron chi connectivity index (χ4n) is 9.13. The first-order valence-corrected chi connectivity index (χ1v) is 22.0. The van der Waals surface area contributed by atoms with Crippen LogP contribution >= 0.6 is 23.5 Å². The summed E-state index contributed by atoms with van der Waals surface area (Å²) in [6.45, 7) is 0. The molecule has 0 aromatic heterocycles. The minimum Gasteiger partial charge on any atom is -0.308 e. The third-order valence-electron chi connectivity index (χ3n) is 11.8. The van der Waals surface area contributed by atoms with Crippen LogP contribution in [0.15, 0.2) is 238 Å². The van der Waals surface area contributed by atoms with E-state index in [1.54, 1.807) is 0 Å². The molecule has 2 aliphatic rings. The van der Waals surface area contributed by atoms with Gasteiger partial charge < -0.3 is 9.80 Å². The molecule has 0 radical (unpaired) electrons. The first-order valence-electron chi connectivity index (χ1n) is 20.3. The molecule has 12 rings (SSSR count). The zero-order valence-electron chi connectivity index (χ0n) is 32.5. The Bertz CT molecular complexity index is 3180. The SMILES string of the molecule is c1ccc(-c2ccc(-c3c4ccc(N5c6ccccc6Sc6ccccc65)cc4c(-c4ccccc4)c4ccc(N5c6ccccc6Sc6ccccc65)cc34)cc2)cc1. The summed E-state index contributed by atoms with van der Waals surface area (Å²) in [5.74, 6) is 0. The molecule has 2 nitrogen and oxygen atoms in total. The number of anilines is 6. The lowest BCUT2D eigenvalue weighted by Crippen LogP contribution is -2.15. The third-order valence-corrected chi connectivity index (χ3v) is 14.1. The predicted molar refractivity (Wildman–Crippen MR) is 255 cm³/mol. The van der Waals surface area contributed by atoms with Gasteiger partial charge in [-0.2, -0.15) is 0 Å². The van der Waals surface area contributed by atoms with Gasteiger partial charge >= 0.3 is 0 Å². The maximum Gasteiger partial charge on any atom is 0.0601 e. The quantitative estimate of drug-likeness (QED) is 0.160. The Hall–Kier alpha value is -6.98. The molecule has 0 fully saturated rings. The highest BCUT2D eigenvalue weighted by Crippen LogP contribution is 2.55. The van der Waals surface area contributed by atoms with Gasteiger partial charge in [0, 0.05) is 31.0 Å². The Kier molecular flexibility index (Phi) is 8.39. The van der Waals surface area contributed by atoms with Crippen LogP contribution in [0.3, 0.4) is 0 Å². The van der Waals surface area contributed by atoms with Crippen LogP contribution < -0.4 is 9.80 Å². The van der Waals surface area contributed by atoms with E-state index >= 15 is 0 Å². The number of benzene rings is 10. The minimum atomic E-state index is 1.14. The molecular formula is C56H36N2S2. The molecule has 2 aliphatic heterocycles. The van der Waals surface area contributed by atoms with E-state index in [1.807, 2.05) is 23.5 Å². The Morgan fingerprint density at radius 3 is 0.983 bits per heavy atom. The molecular weight excluding hydrogens is 765 g/mol. The van der Waals surface area contributed by atoms with Crippen LogP contribution in [0.2, 0.25) is 0 Å². The largest absolute Gasteiger partial charge is 0.308 e. The van der Waals surface area contributed by atoms with Crippen molar-refractivity contribution in [3.8, 4) is 33.4 Å². The second kappa shape index (κ2) is 14.4. The van der Waals surface area contributed by atoms with Crippen LogP contribution in [0.1, 0.15) is 0 Å². The van der Waals surface area contributed by atoms with Gasteiger partial charge in [-0.15, -0.1) is 0 Å². The van der Waals surface area contributed by atoms with Gasteiger partial charge in [-0.1, -0.05) is 169 Å². The third kappa shape index (κ3) is 5.75. The zero-order valence-corrected chi connectivity index (χ0v) is 34.1. The molecule has 60 heavy (non-hydrogen) atoms. The van der Waals surface area contributed by atoms with E-state index in [4.69, 9.17) is 0 Å². The van der Waals surface area contributed by atoms with Gasteiger partial charge in [-0.25, -0.2) is 0 Å². The average molecular weight is 801 g/mol. The van der Waals surface area contributed by atoms with E-state index in [2.05, 4.69) is 228 Å². The van der Waals surface area contributed by atoms with Crippen molar-refractivity contribution >= 4 is 79.2 Å². The molecule has 0 bridgehead atoms.